The fourth-order valence-electron chi connectivity index (χ4n) is 8.10. The Morgan fingerprint density at radius 1 is 1.11 bits per heavy atom. The molecule has 9 nitrogen and oxygen atoms in total. The van der Waals surface area contributed by atoms with Crippen molar-refractivity contribution >= 4 is 23.6 Å². The van der Waals surface area contributed by atoms with Gasteiger partial charge in [0.15, 0.2) is 17.3 Å². The Labute approximate surface area is 262 Å². The van der Waals surface area contributed by atoms with Crippen LogP contribution in [0.3, 0.4) is 0 Å². The summed E-state index contributed by atoms with van der Waals surface area (Å²) in [6, 6.07) is 11.1. The highest BCUT2D eigenvalue weighted by Crippen LogP contribution is 2.57. The van der Waals surface area contributed by atoms with E-state index in [-0.39, 0.29) is 47.8 Å². The SMILES string of the molecule is COCCC(=O)Oc1c2n(ccc1=O)N([C@@H]1c3ccccc3SCc3c1ccc(F)c3F)[C@@H]1[C@H]3C[C@@H]4CC[C@@]3(CCN1C2=O)O4. The van der Waals surface area contributed by atoms with Crippen molar-refractivity contribution in [3.63, 3.8) is 0 Å². The summed E-state index contributed by atoms with van der Waals surface area (Å²) >= 11 is 1.43. The van der Waals surface area contributed by atoms with E-state index >= 15 is 4.39 Å². The van der Waals surface area contributed by atoms with Crippen LogP contribution >= 0.6 is 11.8 Å². The van der Waals surface area contributed by atoms with Crippen molar-refractivity contribution in [3.8, 4) is 5.75 Å². The minimum Gasteiger partial charge on any atom is -0.420 e. The Morgan fingerprint density at radius 3 is 2.78 bits per heavy atom. The zero-order chi connectivity index (χ0) is 31.0. The highest BCUT2D eigenvalue weighted by Gasteiger charge is 2.63. The number of nitrogens with zero attached hydrogens (tertiary/aromatic N) is 3. The predicted octanol–water partition coefficient (Wildman–Crippen LogP) is 4.53. The third-order valence-corrected chi connectivity index (χ3v) is 11.2. The maximum Gasteiger partial charge on any atom is 0.313 e. The molecule has 3 fully saturated rings. The molecule has 0 unspecified atom stereocenters. The second kappa shape index (κ2) is 10.7. The fourth-order valence-corrected chi connectivity index (χ4v) is 9.21. The zero-order valence-electron chi connectivity index (χ0n) is 24.5. The summed E-state index contributed by atoms with van der Waals surface area (Å²) in [5.74, 6) is -3.19. The molecule has 5 aliphatic heterocycles. The second-order valence-corrected chi connectivity index (χ2v) is 13.3. The van der Waals surface area contributed by atoms with Gasteiger partial charge in [0.05, 0.1) is 30.8 Å². The summed E-state index contributed by atoms with van der Waals surface area (Å²) in [5, 5.41) is 2.01. The number of piperidine rings is 1. The number of ether oxygens (including phenoxy) is 3. The summed E-state index contributed by atoms with van der Waals surface area (Å²) in [4.78, 5) is 43.2. The van der Waals surface area contributed by atoms with Gasteiger partial charge in [0.25, 0.3) is 5.91 Å². The van der Waals surface area contributed by atoms with Crippen molar-refractivity contribution in [1.29, 1.82) is 0 Å². The van der Waals surface area contributed by atoms with Gasteiger partial charge in [-0.2, -0.15) is 0 Å². The van der Waals surface area contributed by atoms with Gasteiger partial charge in [-0.3, -0.25) is 24.1 Å². The minimum atomic E-state index is -0.929. The van der Waals surface area contributed by atoms with Crippen molar-refractivity contribution < 1.29 is 32.6 Å². The van der Waals surface area contributed by atoms with E-state index in [0.717, 1.165) is 35.8 Å². The van der Waals surface area contributed by atoms with E-state index in [9.17, 15) is 18.8 Å². The van der Waals surface area contributed by atoms with Gasteiger partial charge in [-0.25, -0.2) is 8.78 Å². The lowest BCUT2D eigenvalue weighted by molar-refractivity contribution is -0.135. The lowest BCUT2D eigenvalue weighted by atomic mass is 9.71. The van der Waals surface area contributed by atoms with Gasteiger partial charge in [-0.05, 0) is 48.9 Å². The lowest BCUT2D eigenvalue weighted by Crippen LogP contribution is -2.70. The third-order valence-electron chi connectivity index (χ3n) is 10.1. The molecule has 1 aromatic heterocycles. The fraction of sp³-hybridized carbons (Fsp3) is 0.424. The van der Waals surface area contributed by atoms with Crippen molar-refractivity contribution in [2.45, 2.75) is 66.7 Å². The van der Waals surface area contributed by atoms with E-state index in [1.165, 1.54) is 31.1 Å². The number of esters is 1. The molecule has 12 heteroatoms. The van der Waals surface area contributed by atoms with E-state index in [2.05, 4.69) is 0 Å². The van der Waals surface area contributed by atoms with Crippen LogP contribution in [0.5, 0.6) is 5.75 Å². The first-order valence-electron chi connectivity index (χ1n) is 15.2. The maximum absolute atomic E-state index is 15.6. The van der Waals surface area contributed by atoms with Crippen LogP contribution in [0.4, 0.5) is 8.78 Å². The summed E-state index contributed by atoms with van der Waals surface area (Å²) in [5.41, 5.74) is 0.560. The Balaban J connectivity index is 1.39. The van der Waals surface area contributed by atoms with E-state index in [4.69, 9.17) is 14.2 Å². The molecule has 234 valence electrons. The van der Waals surface area contributed by atoms with Gasteiger partial charge < -0.3 is 19.1 Å². The molecule has 0 radical (unpaired) electrons. The summed E-state index contributed by atoms with van der Waals surface area (Å²) in [6.45, 7) is 0.445. The van der Waals surface area contributed by atoms with Crippen LogP contribution in [0.25, 0.3) is 0 Å². The van der Waals surface area contributed by atoms with Crippen molar-refractivity contribution in [2.75, 3.05) is 25.3 Å². The molecule has 0 saturated carbocycles. The highest BCUT2D eigenvalue weighted by atomic mass is 32.2. The monoisotopic (exact) mass is 635 g/mol. The second-order valence-electron chi connectivity index (χ2n) is 12.3. The predicted molar refractivity (Wildman–Crippen MR) is 160 cm³/mol. The molecule has 45 heavy (non-hydrogen) atoms. The van der Waals surface area contributed by atoms with Crippen LogP contribution in [0.2, 0.25) is 0 Å². The Bertz CT molecular complexity index is 1800. The standard InChI is InChI=1S/C33H31F2N3O6S/c1-42-15-10-26(40)43-30-24(39)9-13-37-29(30)32(41)36-14-12-33-11-8-18(44-33)16-22(33)31(36)38(37)28-19-6-7-23(34)27(35)21(19)17-45-25-5-3-2-4-20(25)28/h2-7,9,13,18,22,28,31H,8,10-12,14-17H2,1H3/t18-,22+,28-,31+,33-/m0/s1. The molecule has 1 spiro atoms. The van der Waals surface area contributed by atoms with Crippen LogP contribution in [-0.4, -0.2) is 59.6 Å². The highest BCUT2D eigenvalue weighted by molar-refractivity contribution is 7.98. The molecule has 3 saturated heterocycles. The van der Waals surface area contributed by atoms with E-state index in [1.54, 1.807) is 15.6 Å². The number of rotatable bonds is 5. The molecular formula is C33H31F2N3O6S. The van der Waals surface area contributed by atoms with Crippen molar-refractivity contribution in [3.05, 3.63) is 92.9 Å². The topological polar surface area (TPSA) is 90.3 Å². The molecule has 5 aliphatic rings. The first-order chi connectivity index (χ1) is 21.8. The van der Waals surface area contributed by atoms with Gasteiger partial charge in [0.1, 0.15) is 6.17 Å². The molecule has 6 heterocycles. The molecule has 1 amide bonds. The molecule has 3 aromatic rings. The number of hydrogen-bond donors (Lipinski definition) is 0. The van der Waals surface area contributed by atoms with Crippen molar-refractivity contribution in [1.82, 2.24) is 9.58 Å². The number of fused-ring (bicyclic) bond motifs is 6. The van der Waals surface area contributed by atoms with Crippen LogP contribution in [0.1, 0.15) is 65.3 Å². The first-order valence-corrected chi connectivity index (χ1v) is 16.2. The van der Waals surface area contributed by atoms with E-state index < -0.39 is 46.7 Å². The Kier molecular flexibility index (Phi) is 6.81. The minimum absolute atomic E-state index is 0.0777. The van der Waals surface area contributed by atoms with Gasteiger partial charge in [0, 0.05) is 48.0 Å². The molecular weight excluding hydrogens is 604 g/mol. The lowest BCUT2D eigenvalue weighted by Gasteiger charge is -2.57. The van der Waals surface area contributed by atoms with Gasteiger partial charge in [-0.1, -0.05) is 24.3 Å². The van der Waals surface area contributed by atoms with Gasteiger partial charge >= 0.3 is 5.97 Å². The largest absolute Gasteiger partial charge is 0.420 e. The van der Waals surface area contributed by atoms with E-state index in [1.807, 2.05) is 29.3 Å². The zero-order valence-corrected chi connectivity index (χ0v) is 25.4. The number of halogens is 2. The van der Waals surface area contributed by atoms with Crippen LogP contribution < -0.4 is 15.2 Å². The van der Waals surface area contributed by atoms with Gasteiger partial charge in [-0.15, -0.1) is 11.8 Å². The number of thioether (sulfide) groups is 1. The number of carbonyl (C=O) groups is 2. The quantitative estimate of drug-likeness (QED) is 0.378. The summed E-state index contributed by atoms with van der Waals surface area (Å²) in [6.07, 6.45) is 4.17. The van der Waals surface area contributed by atoms with Crippen molar-refractivity contribution in [2.24, 2.45) is 5.92 Å². The Morgan fingerprint density at radius 2 is 1.96 bits per heavy atom. The number of amides is 1. The molecule has 8 rings (SSSR count). The van der Waals surface area contributed by atoms with Crippen LogP contribution in [0, 0.1) is 17.6 Å². The molecule has 0 N–H and O–H groups in total. The normalized spacial score (nSPS) is 27.7. The van der Waals surface area contributed by atoms with E-state index in [0.29, 0.717) is 18.5 Å². The van der Waals surface area contributed by atoms with Crippen LogP contribution in [0.15, 0.2) is 58.4 Å². The molecule has 0 aliphatic carbocycles. The number of carbonyl (C=O) groups excluding carboxylic acids is 2. The smallest absolute Gasteiger partial charge is 0.313 e. The maximum atomic E-state index is 15.6. The molecule has 2 bridgehead atoms. The third kappa shape index (κ3) is 4.29. The number of methoxy groups -OCH3 is 1. The Hall–Kier alpha value is -3.74. The number of benzene rings is 2. The molecule has 2 aromatic carbocycles. The number of aromatic nitrogens is 1. The summed E-state index contributed by atoms with van der Waals surface area (Å²) < 4.78 is 49.1. The summed E-state index contributed by atoms with van der Waals surface area (Å²) in [7, 11) is 1.45. The van der Waals surface area contributed by atoms with Gasteiger partial charge in [0.2, 0.25) is 11.2 Å². The average Bonchev–Trinajstić information content (AvgIpc) is 3.57. The van der Waals surface area contributed by atoms with Crippen LogP contribution in [-0.2, 0) is 20.0 Å². The average molecular weight is 636 g/mol. The number of hydrogen-bond acceptors (Lipinski definition) is 8. The number of pyridine rings is 1. The first kappa shape index (κ1) is 28.7. The molecule has 5 atom stereocenters.